The summed E-state index contributed by atoms with van der Waals surface area (Å²) in [7, 11) is 0. The number of hydrogen-bond acceptors (Lipinski definition) is 5. The molecule has 0 bridgehead atoms. The second kappa shape index (κ2) is 8.71. The minimum Gasteiger partial charge on any atom is -0.492 e. The number of ether oxygens (including phenoxy) is 1. The Bertz CT molecular complexity index is 1040. The summed E-state index contributed by atoms with van der Waals surface area (Å²) in [5.41, 5.74) is 1.22. The molecule has 2 aliphatic rings. The summed E-state index contributed by atoms with van der Waals surface area (Å²) < 4.78 is 19.4. The molecule has 8 heteroatoms. The molecule has 4 rings (SSSR count). The molecule has 2 aromatic carbocycles. The maximum Gasteiger partial charge on any atom is 0.293 e. The monoisotopic (exact) mass is 426 g/mol. The first-order chi connectivity index (χ1) is 14.5. The highest BCUT2D eigenvalue weighted by molar-refractivity contribution is 8.18. The second-order valence-corrected chi connectivity index (χ2v) is 7.96. The maximum atomic E-state index is 13.8. The zero-order valence-electron chi connectivity index (χ0n) is 16.0. The predicted octanol–water partition coefficient (Wildman–Crippen LogP) is 3.23. The lowest BCUT2D eigenvalue weighted by molar-refractivity contribution is -0.127. The lowest BCUT2D eigenvalue weighted by Gasteiger charge is -2.24. The first-order valence-electron chi connectivity index (χ1n) is 9.51. The first kappa shape index (κ1) is 20.2. The summed E-state index contributed by atoms with van der Waals surface area (Å²) in [6, 6.07) is 13.6. The molecule has 1 fully saturated rings. The lowest BCUT2D eigenvalue weighted by Crippen LogP contribution is -2.42. The van der Waals surface area contributed by atoms with Gasteiger partial charge in [-0.1, -0.05) is 36.4 Å². The van der Waals surface area contributed by atoms with Gasteiger partial charge in [0.05, 0.1) is 10.8 Å². The van der Waals surface area contributed by atoms with Crippen LogP contribution in [0.15, 0.2) is 53.4 Å². The summed E-state index contributed by atoms with van der Waals surface area (Å²) in [5.74, 6) is -0.666. The molecule has 0 aliphatic carbocycles. The molecule has 30 heavy (non-hydrogen) atoms. The Morgan fingerprint density at radius 1 is 1.20 bits per heavy atom. The number of nitrogens with zero attached hydrogens (tertiary/aromatic N) is 1. The van der Waals surface area contributed by atoms with E-state index in [4.69, 9.17) is 4.74 Å². The van der Waals surface area contributed by atoms with E-state index in [-0.39, 0.29) is 42.0 Å². The molecular weight excluding hydrogens is 407 g/mol. The average molecular weight is 426 g/mol. The smallest absolute Gasteiger partial charge is 0.293 e. The van der Waals surface area contributed by atoms with Crippen LogP contribution in [0.5, 0.6) is 5.75 Å². The Morgan fingerprint density at radius 3 is 2.80 bits per heavy atom. The Kier molecular flexibility index (Phi) is 5.85. The van der Waals surface area contributed by atoms with E-state index in [2.05, 4.69) is 5.32 Å². The van der Waals surface area contributed by atoms with Gasteiger partial charge < -0.3 is 10.1 Å². The molecule has 6 nitrogen and oxygen atoms in total. The normalized spacial score (nSPS) is 19.6. The van der Waals surface area contributed by atoms with Gasteiger partial charge in [0.25, 0.3) is 11.1 Å². The first-order valence-corrected chi connectivity index (χ1v) is 10.3. The van der Waals surface area contributed by atoms with Crippen LogP contribution < -0.4 is 10.1 Å². The number of para-hydroxylation sites is 1. The Morgan fingerprint density at radius 2 is 1.97 bits per heavy atom. The van der Waals surface area contributed by atoms with Crippen molar-refractivity contribution in [3.8, 4) is 5.75 Å². The fraction of sp³-hybridized carbons (Fsp3) is 0.227. The molecule has 2 heterocycles. The van der Waals surface area contributed by atoms with Crippen LogP contribution >= 0.6 is 11.8 Å². The fourth-order valence-corrected chi connectivity index (χ4v) is 4.21. The van der Waals surface area contributed by atoms with Crippen molar-refractivity contribution >= 4 is 34.9 Å². The van der Waals surface area contributed by atoms with Crippen LogP contribution in [0.4, 0.5) is 9.18 Å². The van der Waals surface area contributed by atoms with E-state index < -0.39 is 17.0 Å². The molecule has 1 atom stereocenters. The molecule has 0 radical (unpaired) electrons. The number of halogens is 1. The molecule has 3 amide bonds. The average Bonchev–Trinajstić information content (AvgIpc) is 3.02. The van der Waals surface area contributed by atoms with Crippen molar-refractivity contribution in [1.82, 2.24) is 10.2 Å². The number of benzene rings is 2. The third kappa shape index (κ3) is 4.23. The lowest BCUT2D eigenvalue weighted by atomic mass is 9.96. The van der Waals surface area contributed by atoms with Crippen LogP contribution in [0, 0.1) is 11.7 Å². The van der Waals surface area contributed by atoms with E-state index in [1.165, 1.54) is 18.2 Å². The van der Waals surface area contributed by atoms with Gasteiger partial charge in [-0.2, -0.15) is 0 Å². The molecule has 1 unspecified atom stereocenters. The molecule has 154 valence electrons. The highest BCUT2D eigenvalue weighted by atomic mass is 32.2. The van der Waals surface area contributed by atoms with E-state index in [1.54, 1.807) is 12.1 Å². The Hall–Kier alpha value is -3.13. The number of nitrogens with one attached hydrogen (secondary N) is 1. The SMILES string of the molecule is O=C(NCCN1C(=O)S/C(=C\c2ccccc2F)C1=O)C1COc2ccccc2C1. The highest BCUT2D eigenvalue weighted by Crippen LogP contribution is 2.32. The highest BCUT2D eigenvalue weighted by Gasteiger charge is 2.35. The molecule has 0 spiro atoms. The summed E-state index contributed by atoms with van der Waals surface area (Å²) in [6.07, 6.45) is 1.95. The number of carbonyl (C=O) groups excluding carboxylic acids is 3. The number of fused-ring (bicyclic) bond motifs is 1. The minimum atomic E-state index is -0.488. The van der Waals surface area contributed by atoms with E-state index in [0.29, 0.717) is 6.42 Å². The van der Waals surface area contributed by atoms with Crippen molar-refractivity contribution in [1.29, 1.82) is 0 Å². The third-order valence-corrected chi connectivity index (χ3v) is 5.86. The van der Waals surface area contributed by atoms with Crippen LogP contribution in [0.2, 0.25) is 0 Å². The molecule has 0 saturated carbocycles. The number of imide groups is 1. The summed E-state index contributed by atoms with van der Waals surface area (Å²) in [6.45, 7) is 0.479. The molecule has 2 aromatic rings. The van der Waals surface area contributed by atoms with Gasteiger partial charge in [-0.15, -0.1) is 0 Å². The van der Waals surface area contributed by atoms with Crippen LogP contribution in [0.25, 0.3) is 6.08 Å². The van der Waals surface area contributed by atoms with Gasteiger partial charge in [0.1, 0.15) is 18.2 Å². The van der Waals surface area contributed by atoms with Gasteiger partial charge in [-0.3, -0.25) is 19.3 Å². The van der Waals surface area contributed by atoms with Gasteiger partial charge in [0, 0.05) is 18.7 Å². The standard InChI is InChI=1S/C22H19FN2O4S/c23-17-7-3-1-5-14(17)12-19-21(27)25(22(28)30-19)10-9-24-20(26)16-11-15-6-2-4-8-18(15)29-13-16/h1-8,12,16H,9-11,13H2,(H,24,26)/b19-12-. The number of rotatable bonds is 5. The molecule has 1 N–H and O–H groups in total. The molecular formula is C22H19FN2O4S. The zero-order valence-corrected chi connectivity index (χ0v) is 16.8. The van der Waals surface area contributed by atoms with Crippen LogP contribution in [-0.2, 0) is 16.0 Å². The van der Waals surface area contributed by atoms with Crippen molar-refractivity contribution < 1.29 is 23.5 Å². The van der Waals surface area contributed by atoms with Crippen LogP contribution in [0.3, 0.4) is 0 Å². The predicted molar refractivity (Wildman–Crippen MR) is 111 cm³/mol. The quantitative estimate of drug-likeness (QED) is 0.743. The Balaban J connectivity index is 1.32. The van der Waals surface area contributed by atoms with Crippen molar-refractivity contribution in [2.24, 2.45) is 5.92 Å². The zero-order chi connectivity index (χ0) is 21.1. The van der Waals surface area contributed by atoms with E-state index in [1.807, 2.05) is 24.3 Å². The van der Waals surface area contributed by atoms with Gasteiger partial charge in [-0.25, -0.2) is 4.39 Å². The number of thioether (sulfide) groups is 1. The molecule has 1 saturated heterocycles. The van der Waals surface area contributed by atoms with Crippen molar-refractivity contribution in [3.05, 3.63) is 70.4 Å². The fourth-order valence-electron chi connectivity index (χ4n) is 3.36. The molecule has 2 aliphatic heterocycles. The number of carbonyl (C=O) groups is 3. The van der Waals surface area contributed by atoms with Gasteiger partial charge in [0.2, 0.25) is 5.91 Å². The van der Waals surface area contributed by atoms with Crippen LogP contribution in [0.1, 0.15) is 11.1 Å². The van der Waals surface area contributed by atoms with E-state index >= 15 is 0 Å². The van der Waals surface area contributed by atoms with Gasteiger partial charge >= 0.3 is 0 Å². The summed E-state index contributed by atoms with van der Waals surface area (Å²) >= 11 is 0.764. The van der Waals surface area contributed by atoms with Gasteiger partial charge in [0.15, 0.2) is 0 Å². The van der Waals surface area contributed by atoms with Crippen molar-refractivity contribution in [2.45, 2.75) is 6.42 Å². The topological polar surface area (TPSA) is 75.7 Å². The summed E-state index contributed by atoms with van der Waals surface area (Å²) in [5, 5.41) is 2.33. The van der Waals surface area contributed by atoms with Crippen molar-refractivity contribution in [3.63, 3.8) is 0 Å². The molecule has 0 aromatic heterocycles. The van der Waals surface area contributed by atoms with Gasteiger partial charge in [-0.05, 0) is 42.0 Å². The van der Waals surface area contributed by atoms with Crippen molar-refractivity contribution in [2.75, 3.05) is 19.7 Å². The maximum absolute atomic E-state index is 13.8. The van der Waals surface area contributed by atoms with Crippen LogP contribution in [-0.4, -0.2) is 41.6 Å². The van der Waals surface area contributed by atoms with E-state index in [0.717, 1.165) is 28.0 Å². The largest absolute Gasteiger partial charge is 0.492 e. The minimum absolute atomic E-state index is 0.0508. The number of hydrogen-bond donors (Lipinski definition) is 1. The second-order valence-electron chi connectivity index (χ2n) is 6.97. The third-order valence-electron chi connectivity index (χ3n) is 4.95. The Labute approximate surface area is 177 Å². The van der Waals surface area contributed by atoms with E-state index in [9.17, 15) is 18.8 Å². The number of amides is 3. The summed E-state index contributed by atoms with van der Waals surface area (Å²) in [4.78, 5) is 38.4.